The minimum Gasteiger partial charge on any atom is -0.206 e. The van der Waals surface area contributed by atoms with E-state index in [1.165, 1.54) is 38.2 Å². The zero-order chi connectivity index (χ0) is 20.8. The topological polar surface area (TPSA) is 0 Å². The summed E-state index contributed by atoms with van der Waals surface area (Å²) in [5.74, 6) is -7.63. The van der Waals surface area contributed by atoms with E-state index >= 15 is 0 Å². The Morgan fingerprint density at radius 2 is 1.45 bits per heavy atom. The van der Waals surface area contributed by atoms with Gasteiger partial charge in [0, 0.05) is 0 Å². The predicted molar refractivity (Wildman–Crippen MR) is 105 cm³/mol. The fourth-order valence-electron chi connectivity index (χ4n) is 5.81. The van der Waals surface area contributed by atoms with E-state index in [9.17, 15) is 22.0 Å². The fourth-order valence-corrected chi connectivity index (χ4v) is 5.81. The molecule has 29 heavy (non-hydrogen) atoms. The molecule has 3 aliphatic carbocycles. The van der Waals surface area contributed by atoms with Gasteiger partial charge in [-0.1, -0.05) is 38.3 Å². The molecule has 0 bridgehead atoms. The van der Waals surface area contributed by atoms with E-state index in [0.717, 1.165) is 49.7 Å². The monoisotopic (exact) mass is 412 g/mol. The van der Waals surface area contributed by atoms with Gasteiger partial charge >= 0.3 is 11.8 Å². The Labute approximate surface area is 169 Å². The van der Waals surface area contributed by atoms with E-state index in [-0.39, 0.29) is 17.6 Å². The van der Waals surface area contributed by atoms with Crippen LogP contribution in [0.15, 0.2) is 18.2 Å². The normalized spacial score (nSPS) is 33.3. The van der Waals surface area contributed by atoms with Crippen LogP contribution in [0.1, 0.15) is 87.3 Å². The highest BCUT2D eigenvalue weighted by Crippen LogP contribution is 2.51. The maximum absolute atomic E-state index is 14.5. The van der Waals surface area contributed by atoms with Crippen LogP contribution >= 0.6 is 0 Å². The quantitative estimate of drug-likeness (QED) is 0.440. The van der Waals surface area contributed by atoms with Crippen LogP contribution in [0, 0.1) is 23.6 Å². The van der Waals surface area contributed by atoms with Crippen molar-refractivity contribution in [3.8, 4) is 0 Å². The molecule has 1 aromatic rings. The number of halogens is 5. The molecule has 0 aliphatic heterocycles. The molecule has 0 unspecified atom stereocenters. The third-order valence-corrected chi connectivity index (χ3v) is 7.73. The molecule has 2 saturated carbocycles. The maximum Gasteiger partial charge on any atom is 0.342 e. The Morgan fingerprint density at radius 1 is 0.862 bits per heavy atom. The van der Waals surface area contributed by atoms with Gasteiger partial charge in [0.25, 0.3) is 0 Å². The first-order chi connectivity index (χ1) is 13.7. The van der Waals surface area contributed by atoms with E-state index in [0.29, 0.717) is 11.5 Å². The average molecular weight is 412 g/mol. The Hall–Kier alpha value is -1.39. The van der Waals surface area contributed by atoms with Crippen molar-refractivity contribution in [2.24, 2.45) is 17.8 Å². The van der Waals surface area contributed by atoms with Crippen LogP contribution in [0.4, 0.5) is 22.0 Å². The van der Waals surface area contributed by atoms with Gasteiger partial charge in [-0.25, -0.2) is 4.39 Å². The van der Waals surface area contributed by atoms with Gasteiger partial charge in [0.1, 0.15) is 5.82 Å². The van der Waals surface area contributed by atoms with Gasteiger partial charge in [0.05, 0.1) is 5.56 Å². The molecule has 3 aliphatic rings. The van der Waals surface area contributed by atoms with Crippen molar-refractivity contribution in [3.63, 3.8) is 0 Å². The van der Waals surface area contributed by atoms with Crippen LogP contribution < -0.4 is 0 Å². The molecule has 1 aromatic carbocycles. The fraction of sp³-hybridized carbons (Fsp3) is 0.667. The van der Waals surface area contributed by atoms with Gasteiger partial charge in [0.2, 0.25) is 0 Å². The van der Waals surface area contributed by atoms with Crippen molar-refractivity contribution in [2.45, 2.75) is 82.5 Å². The lowest BCUT2D eigenvalue weighted by Gasteiger charge is -2.38. The number of alkyl halides is 4. The lowest BCUT2D eigenvalue weighted by molar-refractivity contribution is -0.189. The second-order valence-electron chi connectivity index (χ2n) is 9.30. The molecule has 0 N–H and O–H groups in total. The van der Waals surface area contributed by atoms with Gasteiger partial charge in [-0.2, -0.15) is 17.6 Å². The Kier molecular flexibility index (Phi) is 5.54. The van der Waals surface area contributed by atoms with Crippen LogP contribution in [0.25, 0.3) is 6.08 Å². The van der Waals surface area contributed by atoms with E-state index in [2.05, 4.69) is 6.92 Å². The zero-order valence-corrected chi connectivity index (χ0v) is 16.9. The molecule has 2 fully saturated rings. The molecule has 0 atom stereocenters. The molecular weight excluding hydrogens is 383 g/mol. The summed E-state index contributed by atoms with van der Waals surface area (Å²) in [6, 6.07) is 2.56. The van der Waals surface area contributed by atoms with E-state index < -0.39 is 23.2 Å². The smallest absolute Gasteiger partial charge is 0.206 e. The standard InChI is InChI=1S/C24H29F5/c1-2-15-3-5-16(6-4-15)17-7-9-18(10-8-17)20-13-19-11-12-23(26,27)24(28,29)22(19)21(25)14-20/h11-18H,2-10H2,1H3. The molecule has 0 heterocycles. The Bertz CT molecular complexity index is 766. The molecule has 0 aromatic heterocycles. The Balaban J connectivity index is 1.46. The highest BCUT2D eigenvalue weighted by molar-refractivity contribution is 5.62. The van der Waals surface area contributed by atoms with Crippen LogP contribution in [-0.4, -0.2) is 5.92 Å². The van der Waals surface area contributed by atoms with Crippen molar-refractivity contribution in [2.75, 3.05) is 0 Å². The molecule has 0 radical (unpaired) electrons. The molecular formula is C24H29F5. The number of fused-ring (bicyclic) bond motifs is 1. The van der Waals surface area contributed by atoms with E-state index in [4.69, 9.17) is 0 Å². The maximum atomic E-state index is 14.5. The lowest BCUT2D eigenvalue weighted by atomic mass is 9.68. The summed E-state index contributed by atoms with van der Waals surface area (Å²) in [6.45, 7) is 2.26. The van der Waals surface area contributed by atoms with Crippen LogP contribution in [-0.2, 0) is 5.92 Å². The van der Waals surface area contributed by atoms with Gasteiger partial charge in [0.15, 0.2) is 0 Å². The third kappa shape index (κ3) is 3.74. The Morgan fingerprint density at radius 3 is 2.03 bits per heavy atom. The molecule has 0 spiro atoms. The van der Waals surface area contributed by atoms with Crippen molar-refractivity contribution in [1.82, 2.24) is 0 Å². The second kappa shape index (κ2) is 7.70. The lowest BCUT2D eigenvalue weighted by Crippen LogP contribution is -2.39. The second-order valence-corrected chi connectivity index (χ2v) is 9.30. The number of allylic oxidation sites excluding steroid dienone is 1. The molecule has 0 saturated heterocycles. The van der Waals surface area contributed by atoms with Crippen molar-refractivity contribution < 1.29 is 22.0 Å². The highest BCUT2D eigenvalue weighted by atomic mass is 19.3. The summed E-state index contributed by atoms with van der Waals surface area (Å²) < 4.78 is 69.8. The summed E-state index contributed by atoms with van der Waals surface area (Å²) in [5, 5.41) is 0. The first-order valence-corrected chi connectivity index (χ1v) is 11.0. The summed E-state index contributed by atoms with van der Waals surface area (Å²) in [4.78, 5) is 0. The van der Waals surface area contributed by atoms with Gasteiger partial charge in [-0.05, 0) is 85.5 Å². The van der Waals surface area contributed by atoms with Gasteiger partial charge in [-0.15, -0.1) is 0 Å². The minimum atomic E-state index is -4.52. The van der Waals surface area contributed by atoms with Crippen LogP contribution in [0.3, 0.4) is 0 Å². The van der Waals surface area contributed by atoms with Crippen molar-refractivity contribution in [3.05, 3.63) is 40.7 Å². The number of hydrogen-bond acceptors (Lipinski definition) is 0. The summed E-state index contributed by atoms with van der Waals surface area (Å²) in [5.41, 5.74) is -0.619. The SMILES string of the molecule is CCC1CCC(C2CCC(c3cc(F)c4c(c3)C=CC(F)(F)C4(F)F)CC2)CC1. The zero-order valence-electron chi connectivity index (χ0n) is 16.9. The van der Waals surface area contributed by atoms with Crippen molar-refractivity contribution >= 4 is 6.08 Å². The van der Waals surface area contributed by atoms with Crippen LogP contribution in [0.5, 0.6) is 0 Å². The van der Waals surface area contributed by atoms with E-state index in [1.807, 2.05) is 0 Å². The number of benzene rings is 1. The van der Waals surface area contributed by atoms with Crippen molar-refractivity contribution in [1.29, 1.82) is 0 Å². The first kappa shape index (κ1) is 20.9. The minimum absolute atomic E-state index is 0.113. The number of rotatable bonds is 3. The van der Waals surface area contributed by atoms with Gasteiger partial charge < -0.3 is 0 Å². The highest BCUT2D eigenvalue weighted by Gasteiger charge is 2.59. The first-order valence-electron chi connectivity index (χ1n) is 11.0. The average Bonchev–Trinajstić information content (AvgIpc) is 2.71. The molecule has 0 nitrogen and oxygen atoms in total. The van der Waals surface area contributed by atoms with E-state index in [1.54, 1.807) is 0 Å². The molecule has 5 heteroatoms. The summed E-state index contributed by atoms with van der Waals surface area (Å²) >= 11 is 0. The summed E-state index contributed by atoms with van der Waals surface area (Å²) in [6.07, 6.45) is 11.6. The molecule has 4 rings (SSSR count). The van der Waals surface area contributed by atoms with Gasteiger partial charge in [-0.3, -0.25) is 0 Å². The predicted octanol–water partition coefficient (Wildman–Crippen LogP) is 8.07. The van der Waals surface area contributed by atoms with Crippen LogP contribution in [0.2, 0.25) is 0 Å². The third-order valence-electron chi connectivity index (χ3n) is 7.73. The largest absolute Gasteiger partial charge is 0.342 e. The number of hydrogen-bond donors (Lipinski definition) is 0. The molecule has 160 valence electrons. The summed E-state index contributed by atoms with van der Waals surface area (Å²) in [7, 11) is 0. The molecule has 0 amide bonds.